The average molecular weight is 420 g/mol. The molecule has 9 heteroatoms. The fourth-order valence-electron chi connectivity index (χ4n) is 4.45. The first-order valence-electron chi connectivity index (χ1n) is 9.94. The third-order valence-corrected chi connectivity index (χ3v) is 6.14. The van der Waals surface area contributed by atoms with Crippen molar-refractivity contribution in [3.63, 3.8) is 0 Å². The van der Waals surface area contributed by atoms with Crippen LogP contribution in [0.5, 0.6) is 11.5 Å². The number of fused-ring (bicyclic) bond motifs is 2. The predicted molar refractivity (Wildman–Crippen MR) is 111 cm³/mol. The van der Waals surface area contributed by atoms with E-state index in [4.69, 9.17) is 10.5 Å². The zero-order valence-corrected chi connectivity index (χ0v) is 17.0. The zero-order chi connectivity index (χ0) is 21.9. The van der Waals surface area contributed by atoms with E-state index in [0.717, 1.165) is 46.2 Å². The van der Waals surface area contributed by atoms with Crippen molar-refractivity contribution in [3.8, 4) is 17.2 Å². The van der Waals surface area contributed by atoms with Gasteiger partial charge in [0, 0.05) is 5.69 Å². The van der Waals surface area contributed by atoms with Crippen molar-refractivity contribution >= 4 is 17.5 Å². The molecule has 0 atom stereocenters. The van der Waals surface area contributed by atoms with Crippen molar-refractivity contribution in [1.82, 2.24) is 9.72 Å². The molecule has 3 aromatic rings. The van der Waals surface area contributed by atoms with Crippen LogP contribution in [0.15, 0.2) is 39.6 Å². The number of amides is 2. The third kappa shape index (κ3) is 2.77. The van der Waals surface area contributed by atoms with Crippen molar-refractivity contribution in [3.05, 3.63) is 63.4 Å². The number of hydrogen-bond donors (Lipinski definition) is 2. The largest absolute Gasteiger partial charge is 0.457 e. The Balaban J connectivity index is 1.51. The summed E-state index contributed by atoms with van der Waals surface area (Å²) in [5.41, 5.74) is 8.57. The van der Waals surface area contributed by atoms with Crippen molar-refractivity contribution in [1.29, 1.82) is 0 Å². The molecular formula is C22H20N4O5. The number of anilines is 1. The summed E-state index contributed by atoms with van der Waals surface area (Å²) in [7, 11) is 0. The molecule has 2 aliphatic rings. The molecule has 9 nitrogen and oxygen atoms in total. The molecule has 1 aromatic heterocycles. The van der Waals surface area contributed by atoms with Gasteiger partial charge in [0.1, 0.15) is 11.5 Å². The second kappa shape index (κ2) is 6.56. The van der Waals surface area contributed by atoms with Crippen molar-refractivity contribution in [2.24, 2.45) is 5.73 Å². The van der Waals surface area contributed by atoms with E-state index in [-0.39, 0.29) is 11.7 Å². The maximum absolute atomic E-state index is 12.4. The van der Waals surface area contributed by atoms with Crippen LogP contribution >= 0.6 is 0 Å². The minimum atomic E-state index is -0.868. The first-order valence-corrected chi connectivity index (χ1v) is 9.94. The predicted octanol–water partition coefficient (Wildman–Crippen LogP) is 2.71. The van der Waals surface area contributed by atoms with Gasteiger partial charge in [-0.3, -0.25) is 14.1 Å². The Morgan fingerprint density at radius 3 is 2.52 bits per heavy atom. The monoisotopic (exact) mass is 420 g/mol. The molecule has 0 bridgehead atoms. The maximum atomic E-state index is 12.4. The van der Waals surface area contributed by atoms with Gasteiger partial charge in [0.05, 0.1) is 11.1 Å². The van der Waals surface area contributed by atoms with E-state index in [1.165, 1.54) is 0 Å². The minimum Gasteiger partial charge on any atom is -0.457 e. The summed E-state index contributed by atoms with van der Waals surface area (Å²) in [6.45, 7) is 3.67. The Kier molecular flexibility index (Phi) is 4.04. The van der Waals surface area contributed by atoms with Crippen molar-refractivity contribution in [2.75, 3.05) is 5.32 Å². The number of ether oxygens (including phenoxy) is 1. The number of carbonyl (C=O) groups excluding carboxylic acids is 2. The molecule has 3 N–H and O–H groups in total. The summed E-state index contributed by atoms with van der Waals surface area (Å²) in [5, 5.41) is 6.41. The lowest BCUT2D eigenvalue weighted by molar-refractivity contribution is -0.123. The normalized spacial score (nSPS) is 16.0. The van der Waals surface area contributed by atoms with Crippen molar-refractivity contribution < 1.29 is 18.8 Å². The number of nitrogens with one attached hydrogen (secondary N) is 1. The molecule has 1 aliphatic heterocycles. The lowest BCUT2D eigenvalue weighted by Gasteiger charge is -2.36. The van der Waals surface area contributed by atoms with Crippen LogP contribution in [0.3, 0.4) is 0 Å². The van der Waals surface area contributed by atoms with Gasteiger partial charge in [0.25, 0.3) is 5.91 Å². The number of primary amides is 1. The second-order valence-corrected chi connectivity index (χ2v) is 8.08. The lowest BCUT2D eigenvalue weighted by Crippen LogP contribution is -2.40. The van der Waals surface area contributed by atoms with Gasteiger partial charge < -0.3 is 15.8 Å². The highest BCUT2D eigenvalue weighted by molar-refractivity contribution is 6.07. The Morgan fingerprint density at radius 2 is 1.90 bits per heavy atom. The molecular weight excluding hydrogens is 400 g/mol. The van der Waals surface area contributed by atoms with Crippen LogP contribution < -0.4 is 21.5 Å². The van der Waals surface area contributed by atoms with Gasteiger partial charge in [-0.1, -0.05) is 6.42 Å². The summed E-state index contributed by atoms with van der Waals surface area (Å²) in [6, 6.07) is 9.00. The smallest absolute Gasteiger partial charge is 0.446 e. The summed E-state index contributed by atoms with van der Waals surface area (Å²) in [5.74, 6) is -0.643. The van der Waals surface area contributed by atoms with Gasteiger partial charge in [0.15, 0.2) is 0 Å². The fourth-order valence-corrected chi connectivity index (χ4v) is 4.45. The number of nitrogens with two attached hydrogens (primary N) is 1. The third-order valence-electron chi connectivity index (χ3n) is 6.14. The number of rotatable bonds is 4. The molecule has 1 fully saturated rings. The molecule has 2 heterocycles. The van der Waals surface area contributed by atoms with E-state index in [0.29, 0.717) is 17.2 Å². The van der Waals surface area contributed by atoms with E-state index >= 15 is 0 Å². The van der Waals surface area contributed by atoms with Gasteiger partial charge in [0.2, 0.25) is 11.7 Å². The maximum Gasteiger partial charge on any atom is 0.446 e. The topological polar surface area (TPSA) is 129 Å². The van der Waals surface area contributed by atoms with Crippen LogP contribution in [0, 0.1) is 13.8 Å². The molecule has 1 spiro atoms. The second-order valence-electron chi connectivity index (χ2n) is 8.08. The average Bonchev–Trinajstić information content (AvgIpc) is 3.20. The van der Waals surface area contributed by atoms with Gasteiger partial charge >= 0.3 is 5.76 Å². The van der Waals surface area contributed by atoms with E-state index in [1.807, 2.05) is 32.0 Å². The quantitative estimate of drug-likeness (QED) is 0.668. The molecule has 5 rings (SSSR count). The number of hydrogen-bond acceptors (Lipinski definition) is 6. The first kappa shape index (κ1) is 19.1. The van der Waals surface area contributed by atoms with Gasteiger partial charge in [-0.15, -0.1) is 0 Å². The van der Waals surface area contributed by atoms with E-state index in [9.17, 15) is 14.4 Å². The first-order chi connectivity index (χ1) is 14.8. The standard InChI is InChI=1S/C22H20N4O5/c1-11-8-13(26-19(18(23)27)25-31-21(26)29)9-12(2)17(11)30-14-4-5-16-15(10-14)22(6-3-7-22)20(28)24-16/h4-5,8-10H,3,6-7H2,1-2H3,(H2,23,27)(H,24,28). The van der Waals surface area contributed by atoms with Crippen LogP contribution in [0.1, 0.15) is 46.6 Å². The van der Waals surface area contributed by atoms with Crippen LogP contribution in [-0.2, 0) is 10.2 Å². The van der Waals surface area contributed by atoms with Gasteiger partial charge in [-0.2, -0.15) is 0 Å². The number of aromatic nitrogens is 2. The molecule has 0 unspecified atom stereocenters. The highest BCUT2D eigenvalue weighted by Gasteiger charge is 2.51. The molecule has 31 heavy (non-hydrogen) atoms. The molecule has 2 aromatic carbocycles. The van der Waals surface area contributed by atoms with E-state index in [2.05, 4.69) is 15.0 Å². The molecule has 0 radical (unpaired) electrons. The van der Waals surface area contributed by atoms with E-state index < -0.39 is 17.1 Å². The zero-order valence-electron chi connectivity index (χ0n) is 17.0. The summed E-state index contributed by atoms with van der Waals surface area (Å²) < 4.78 is 11.8. The minimum absolute atomic E-state index is 0.0621. The highest BCUT2D eigenvalue weighted by Crippen LogP contribution is 2.52. The Morgan fingerprint density at radius 1 is 1.19 bits per heavy atom. The summed E-state index contributed by atoms with van der Waals surface area (Å²) in [4.78, 5) is 36.0. The van der Waals surface area contributed by atoms with E-state index in [1.54, 1.807) is 12.1 Å². The number of carbonyl (C=O) groups is 2. The summed E-state index contributed by atoms with van der Waals surface area (Å²) >= 11 is 0. The van der Waals surface area contributed by atoms with Gasteiger partial charge in [-0.05, 0) is 78.9 Å². The van der Waals surface area contributed by atoms with Crippen molar-refractivity contribution in [2.45, 2.75) is 38.5 Å². The fraction of sp³-hybridized carbons (Fsp3) is 0.273. The number of aryl methyl sites for hydroxylation is 2. The Hall–Kier alpha value is -3.88. The molecule has 158 valence electrons. The lowest BCUT2D eigenvalue weighted by atomic mass is 9.65. The molecule has 1 saturated carbocycles. The van der Waals surface area contributed by atoms with Crippen LogP contribution in [0.4, 0.5) is 5.69 Å². The van der Waals surface area contributed by atoms with Crippen LogP contribution in [0.25, 0.3) is 5.69 Å². The Labute approximate surface area is 176 Å². The van der Waals surface area contributed by atoms with Crippen LogP contribution in [0.2, 0.25) is 0 Å². The number of benzene rings is 2. The SMILES string of the molecule is Cc1cc(-n2c(C(N)=O)noc2=O)cc(C)c1Oc1ccc2c(c1)C1(CCC1)C(=O)N2. The Bertz CT molecular complexity index is 1290. The highest BCUT2D eigenvalue weighted by atomic mass is 16.5. The number of nitrogens with zero attached hydrogens (tertiary/aromatic N) is 2. The van der Waals surface area contributed by atoms with Crippen LogP contribution in [-0.4, -0.2) is 21.5 Å². The van der Waals surface area contributed by atoms with Gasteiger partial charge in [-0.25, -0.2) is 9.36 Å². The molecule has 0 saturated heterocycles. The summed E-state index contributed by atoms with van der Waals surface area (Å²) in [6.07, 6.45) is 2.72. The molecule has 2 amide bonds. The molecule has 1 aliphatic carbocycles.